The minimum atomic E-state index is -0.394. The quantitative estimate of drug-likeness (QED) is 0.425. The molecule has 0 N–H and O–H groups in total. The first kappa shape index (κ1) is 21.6. The van der Waals surface area contributed by atoms with Crippen LogP contribution in [0, 0.1) is 17.0 Å². The van der Waals surface area contributed by atoms with Gasteiger partial charge < -0.3 is 14.7 Å². The number of aryl methyl sites for hydroxylation is 1. The predicted octanol–water partition coefficient (Wildman–Crippen LogP) is 3.86. The average Bonchev–Trinajstić information content (AvgIpc) is 3.21. The van der Waals surface area contributed by atoms with Gasteiger partial charge in [-0.3, -0.25) is 14.9 Å². The van der Waals surface area contributed by atoms with Crippen molar-refractivity contribution in [2.45, 2.75) is 26.2 Å². The fourth-order valence-electron chi connectivity index (χ4n) is 4.70. The zero-order chi connectivity index (χ0) is 22.9. The van der Waals surface area contributed by atoms with E-state index in [1.807, 2.05) is 11.8 Å². The largest absolute Gasteiger partial charge is 0.368 e. The van der Waals surface area contributed by atoms with Gasteiger partial charge in [0.1, 0.15) is 17.0 Å². The Bertz CT molecular complexity index is 1180. The number of nitrogens with zero attached hydrogens (tertiary/aromatic N) is 6. The Balaban J connectivity index is 1.32. The van der Waals surface area contributed by atoms with Crippen LogP contribution in [-0.4, -0.2) is 65.0 Å². The van der Waals surface area contributed by atoms with E-state index in [1.54, 1.807) is 18.5 Å². The maximum absolute atomic E-state index is 13.4. The highest BCUT2D eigenvalue weighted by Crippen LogP contribution is 2.36. The minimum absolute atomic E-state index is 0.0449. The van der Waals surface area contributed by atoms with Crippen molar-refractivity contribution >= 4 is 44.7 Å². The fourth-order valence-corrected chi connectivity index (χ4v) is 5.81. The van der Waals surface area contributed by atoms with E-state index in [-0.39, 0.29) is 11.6 Å². The summed E-state index contributed by atoms with van der Waals surface area (Å²) in [6.45, 7) is 6.58. The lowest BCUT2D eigenvalue weighted by molar-refractivity contribution is -0.384. The molecule has 9 nitrogen and oxygen atoms in total. The van der Waals surface area contributed by atoms with Crippen LogP contribution in [0.1, 0.15) is 34.5 Å². The number of benzene rings is 1. The second-order valence-electron chi connectivity index (χ2n) is 8.53. The van der Waals surface area contributed by atoms with Crippen LogP contribution in [0.2, 0.25) is 0 Å². The highest BCUT2D eigenvalue weighted by atomic mass is 32.1. The molecule has 3 aromatic rings. The lowest BCUT2D eigenvalue weighted by atomic mass is 10.1. The van der Waals surface area contributed by atoms with Gasteiger partial charge in [0, 0.05) is 57.1 Å². The summed E-state index contributed by atoms with van der Waals surface area (Å²) in [6.07, 6.45) is 5.20. The molecule has 2 saturated heterocycles. The maximum Gasteiger partial charge on any atom is 0.269 e. The normalized spacial score (nSPS) is 16.9. The highest BCUT2D eigenvalue weighted by Gasteiger charge is 2.28. The molecule has 172 valence electrons. The molecule has 1 aromatic carbocycles. The van der Waals surface area contributed by atoms with Gasteiger partial charge in [0.25, 0.3) is 11.6 Å². The van der Waals surface area contributed by atoms with E-state index >= 15 is 0 Å². The van der Waals surface area contributed by atoms with Gasteiger partial charge in [-0.2, -0.15) is 0 Å². The Morgan fingerprint density at radius 3 is 2.33 bits per heavy atom. The smallest absolute Gasteiger partial charge is 0.269 e. The molecule has 0 bridgehead atoms. The third-order valence-electron chi connectivity index (χ3n) is 6.55. The summed E-state index contributed by atoms with van der Waals surface area (Å²) in [5.41, 5.74) is 1.99. The van der Waals surface area contributed by atoms with Crippen LogP contribution in [0.15, 0.2) is 30.6 Å². The monoisotopic (exact) mass is 466 g/mol. The number of carbonyl (C=O) groups is 1. The third-order valence-corrected chi connectivity index (χ3v) is 7.74. The molecule has 0 spiro atoms. The number of nitro benzene ring substituents is 1. The van der Waals surface area contributed by atoms with Gasteiger partial charge in [-0.15, -0.1) is 11.3 Å². The number of hydrogen-bond donors (Lipinski definition) is 0. The molecule has 0 unspecified atom stereocenters. The Labute approximate surface area is 195 Å². The molecule has 2 aliphatic rings. The van der Waals surface area contributed by atoms with E-state index in [1.165, 1.54) is 42.7 Å². The summed E-state index contributed by atoms with van der Waals surface area (Å²) in [7, 11) is 0. The van der Waals surface area contributed by atoms with Gasteiger partial charge >= 0.3 is 0 Å². The molecule has 10 heteroatoms. The highest BCUT2D eigenvalue weighted by molar-refractivity contribution is 7.20. The van der Waals surface area contributed by atoms with Crippen LogP contribution >= 0.6 is 11.3 Å². The van der Waals surface area contributed by atoms with Crippen LogP contribution in [0.3, 0.4) is 0 Å². The number of nitro groups is 1. The van der Waals surface area contributed by atoms with E-state index in [0.717, 1.165) is 45.3 Å². The van der Waals surface area contributed by atoms with E-state index in [9.17, 15) is 14.9 Å². The number of rotatable bonds is 4. The number of carbonyl (C=O) groups excluding carboxylic acids is 1. The van der Waals surface area contributed by atoms with Crippen molar-refractivity contribution in [2.75, 3.05) is 49.1 Å². The van der Waals surface area contributed by atoms with Gasteiger partial charge in [0.05, 0.1) is 15.2 Å². The Kier molecular flexibility index (Phi) is 5.84. The van der Waals surface area contributed by atoms with Crippen molar-refractivity contribution in [3.05, 3.63) is 51.1 Å². The Morgan fingerprint density at radius 2 is 1.67 bits per heavy atom. The van der Waals surface area contributed by atoms with Crippen molar-refractivity contribution < 1.29 is 9.72 Å². The number of hydrogen-bond acceptors (Lipinski definition) is 8. The summed E-state index contributed by atoms with van der Waals surface area (Å²) in [6, 6.07) is 6.59. The summed E-state index contributed by atoms with van der Waals surface area (Å²) in [4.78, 5) is 41.0. The van der Waals surface area contributed by atoms with Crippen LogP contribution in [0.25, 0.3) is 10.2 Å². The molecule has 0 radical (unpaired) electrons. The zero-order valence-electron chi connectivity index (χ0n) is 18.6. The van der Waals surface area contributed by atoms with E-state index in [2.05, 4.69) is 19.8 Å². The second-order valence-corrected chi connectivity index (χ2v) is 9.53. The first-order valence-corrected chi connectivity index (χ1v) is 12.1. The molecule has 0 aliphatic carbocycles. The van der Waals surface area contributed by atoms with Crippen LogP contribution in [0.5, 0.6) is 0 Å². The lowest BCUT2D eigenvalue weighted by Gasteiger charge is -2.36. The molecule has 4 heterocycles. The van der Waals surface area contributed by atoms with Crippen LogP contribution in [-0.2, 0) is 0 Å². The van der Waals surface area contributed by atoms with E-state index in [4.69, 9.17) is 0 Å². The summed E-state index contributed by atoms with van der Waals surface area (Å²) in [5, 5.41) is 11.9. The lowest BCUT2D eigenvalue weighted by Crippen LogP contribution is -2.48. The number of thiophene rings is 1. The molecule has 2 aromatic heterocycles. The first-order valence-electron chi connectivity index (χ1n) is 11.3. The SMILES string of the molecule is Cc1c(C(=O)N2CCN(c3ccc([N+](=O)[O-])cc3)CC2)sc2ncnc(N3CCCCC3)c12. The maximum atomic E-state index is 13.4. The number of piperidine rings is 1. The van der Waals surface area contributed by atoms with Crippen molar-refractivity contribution in [3.8, 4) is 0 Å². The van der Waals surface area contributed by atoms with E-state index in [0.29, 0.717) is 26.2 Å². The topological polar surface area (TPSA) is 95.7 Å². The van der Waals surface area contributed by atoms with Crippen molar-refractivity contribution in [3.63, 3.8) is 0 Å². The molecular formula is C23H26N6O3S. The summed E-state index contributed by atoms with van der Waals surface area (Å²) >= 11 is 1.46. The summed E-state index contributed by atoms with van der Waals surface area (Å²) in [5.74, 6) is 0.999. The number of aromatic nitrogens is 2. The predicted molar refractivity (Wildman–Crippen MR) is 129 cm³/mol. The molecule has 2 fully saturated rings. The van der Waals surface area contributed by atoms with Crippen LogP contribution in [0.4, 0.5) is 17.2 Å². The van der Waals surface area contributed by atoms with Gasteiger partial charge in [-0.25, -0.2) is 9.97 Å². The molecule has 0 saturated carbocycles. The summed E-state index contributed by atoms with van der Waals surface area (Å²) < 4.78 is 0. The molecular weight excluding hydrogens is 440 g/mol. The first-order chi connectivity index (χ1) is 16.0. The minimum Gasteiger partial charge on any atom is -0.368 e. The zero-order valence-corrected chi connectivity index (χ0v) is 19.4. The molecule has 2 aliphatic heterocycles. The second kappa shape index (κ2) is 8.93. The number of anilines is 2. The third kappa shape index (κ3) is 4.10. The van der Waals surface area contributed by atoms with Gasteiger partial charge in [-0.1, -0.05) is 0 Å². The number of amides is 1. The molecule has 1 amide bonds. The number of fused-ring (bicyclic) bond motifs is 1. The fraction of sp³-hybridized carbons (Fsp3) is 0.435. The van der Waals surface area contributed by atoms with Crippen molar-refractivity contribution in [1.29, 1.82) is 0 Å². The Morgan fingerprint density at radius 1 is 0.970 bits per heavy atom. The average molecular weight is 467 g/mol. The molecule has 0 atom stereocenters. The van der Waals surface area contributed by atoms with Gasteiger partial charge in [0.2, 0.25) is 0 Å². The van der Waals surface area contributed by atoms with Crippen molar-refractivity contribution in [1.82, 2.24) is 14.9 Å². The van der Waals surface area contributed by atoms with E-state index < -0.39 is 4.92 Å². The Hall–Kier alpha value is -3.27. The van der Waals surface area contributed by atoms with Crippen molar-refractivity contribution in [2.24, 2.45) is 0 Å². The number of non-ortho nitro benzene ring substituents is 1. The van der Waals surface area contributed by atoms with Gasteiger partial charge in [-0.05, 0) is 43.9 Å². The molecule has 5 rings (SSSR count). The van der Waals surface area contributed by atoms with Gasteiger partial charge in [0.15, 0.2) is 0 Å². The standard InChI is InChI=1S/C23H26N6O3S/c1-16-19-21(27-9-3-2-4-10-27)24-15-25-22(19)33-20(16)23(30)28-13-11-26(12-14-28)17-5-7-18(8-6-17)29(31)32/h5-8,15H,2-4,9-14H2,1H3. The van der Waals surface area contributed by atoms with Crippen LogP contribution < -0.4 is 9.80 Å². The number of piperazine rings is 1. The molecule has 33 heavy (non-hydrogen) atoms.